The third-order valence-corrected chi connectivity index (χ3v) is 5.39. The maximum Gasteiger partial charge on any atom is 0.0226 e. The normalized spacial score (nSPS) is 10.9. The maximum atomic E-state index is 5.78. The van der Waals surface area contributed by atoms with Crippen LogP contribution in [0.3, 0.4) is 0 Å². The highest BCUT2D eigenvalue weighted by atomic mass is 35.5. The number of hydrogen-bond acceptors (Lipinski definition) is 0. The second-order valence-corrected chi connectivity index (χ2v) is 7.60. The number of unbranched alkanes of at least 4 members (excludes halogenated alkanes) is 2. The predicted octanol–water partition coefficient (Wildman–Crippen LogP) is 7.92. The Balaban J connectivity index is 1.66. The van der Waals surface area contributed by atoms with Crippen molar-refractivity contribution in [1.82, 2.24) is 0 Å². The molecule has 0 nitrogen and oxygen atoms in total. The summed E-state index contributed by atoms with van der Waals surface area (Å²) >= 11 is 5.78. The smallest absolute Gasteiger partial charge is 0.0226 e. The first-order valence-electron chi connectivity index (χ1n) is 10.1. The van der Waals surface area contributed by atoms with Gasteiger partial charge >= 0.3 is 0 Å². The van der Waals surface area contributed by atoms with Crippen LogP contribution in [0.5, 0.6) is 0 Å². The molecule has 0 fully saturated rings. The molecule has 140 valence electrons. The van der Waals surface area contributed by atoms with Crippen LogP contribution < -0.4 is 0 Å². The zero-order valence-electron chi connectivity index (χ0n) is 16.3. The van der Waals surface area contributed by atoms with Crippen LogP contribution in [0.2, 0.25) is 0 Å². The van der Waals surface area contributed by atoms with Gasteiger partial charge in [0.25, 0.3) is 0 Å². The Bertz CT molecular complexity index is 798. The van der Waals surface area contributed by atoms with Crippen molar-refractivity contribution < 1.29 is 0 Å². The minimum atomic E-state index is 0.725. The van der Waals surface area contributed by atoms with Gasteiger partial charge in [-0.25, -0.2) is 0 Å². The Morgan fingerprint density at radius 3 is 1.26 bits per heavy atom. The first kappa shape index (κ1) is 19.7. The van der Waals surface area contributed by atoms with E-state index in [2.05, 4.69) is 79.7 Å². The van der Waals surface area contributed by atoms with E-state index in [0.717, 1.165) is 18.7 Å². The lowest BCUT2D eigenvalue weighted by molar-refractivity contribution is 0.717. The van der Waals surface area contributed by atoms with Gasteiger partial charge in [0.2, 0.25) is 0 Å². The summed E-state index contributed by atoms with van der Waals surface area (Å²) in [5.41, 5.74) is 7.89. The molecular formula is C26H29Cl. The molecule has 0 spiro atoms. The van der Waals surface area contributed by atoms with Crippen molar-refractivity contribution >= 4 is 11.6 Å². The Morgan fingerprint density at radius 2 is 0.889 bits per heavy atom. The summed E-state index contributed by atoms with van der Waals surface area (Å²) in [6.45, 7) is 2.25. The second kappa shape index (κ2) is 10.3. The average Bonchev–Trinajstić information content (AvgIpc) is 2.73. The number of aryl methyl sites for hydroxylation is 2. The Hall–Kier alpha value is -2.05. The third kappa shape index (κ3) is 5.71. The molecule has 3 rings (SSSR count). The molecule has 1 heteroatoms. The molecule has 0 aliphatic heterocycles. The first-order chi connectivity index (χ1) is 13.3. The largest absolute Gasteiger partial charge is 0.127 e. The molecule has 0 aliphatic rings. The molecule has 0 saturated carbocycles. The monoisotopic (exact) mass is 376 g/mol. The lowest BCUT2D eigenvalue weighted by Crippen LogP contribution is -1.87. The van der Waals surface area contributed by atoms with E-state index in [4.69, 9.17) is 11.6 Å². The minimum absolute atomic E-state index is 0.725. The lowest BCUT2D eigenvalue weighted by Gasteiger charge is -2.07. The van der Waals surface area contributed by atoms with E-state index in [-0.39, 0.29) is 0 Å². The van der Waals surface area contributed by atoms with Gasteiger partial charge in [-0.2, -0.15) is 0 Å². The van der Waals surface area contributed by atoms with E-state index in [1.807, 2.05) is 0 Å². The van der Waals surface area contributed by atoms with Crippen molar-refractivity contribution in [1.29, 1.82) is 0 Å². The number of halogens is 1. The molecule has 0 aromatic heterocycles. The molecular weight excluding hydrogens is 348 g/mol. The van der Waals surface area contributed by atoms with Gasteiger partial charge in [0.05, 0.1) is 0 Å². The molecule has 0 saturated heterocycles. The summed E-state index contributed by atoms with van der Waals surface area (Å²) in [4.78, 5) is 0. The standard InChI is InChI=1S/C26H29Cl/c1-2-3-4-6-21-8-12-23(13-9-21)25-16-18-26(19-17-25)24-14-10-22(11-15-24)7-5-20-27/h8-19H,2-7,20H2,1H3. The quantitative estimate of drug-likeness (QED) is 0.262. The van der Waals surface area contributed by atoms with Crippen LogP contribution in [0.1, 0.15) is 43.7 Å². The van der Waals surface area contributed by atoms with E-state index >= 15 is 0 Å². The maximum absolute atomic E-state index is 5.78. The van der Waals surface area contributed by atoms with Gasteiger partial charge in [-0.3, -0.25) is 0 Å². The minimum Gasteiger partial charge on any atom is -0.127 e. The van der Waals surface area contributed by atoms with Crippen LogP contribution >= 0.6 is 11.6 Å². The summed E-state index contributed by atoms with van der Waals surface area (Å²) in [5, 5.41) is 0. The van der Waals surface area contributed by atoms with Crippen molar-refractivity contribution in [2.75, 3.05) is 5.88 Å². The van der Waals surface area contributed by atoms with E-state index in [0.29, 0.717) is 0 Å². The molecule has 0 aliphatic carbocycles. The molecule has 0 radical (unpaired) electrons. The molecule has 0 atom stereocenters. The van der Waals surface area contributed by atoms with Crippen molar-refractivity contribution in [2.24, 2.45) is 0 Å². The summed E-state index contributed by atoms with van der Waals surface area (Å²) in [6, 6.07) is 26.8. The summed E-state index contributed by atoms with van der Waals surface area (Å²) in [5.74, 6) is 0.725. The Kier molecular flexibility index (Phi) is 7.54. The number of rotatable bonds is 9. The van der Waals surface area contributed by atoms with Gasteiger partial charge in [-0.05, 0) is 59.1 Å². The van der Waals surface area contributed by atoms with E-state index in [1.165, 1.54) is 59.1 Å². The average molecular weight is 377 g/mol. The van der Waals surface area contributed by atoms with E-state index in [1.54, 1.807) is 0 Å². The van der Waals surface area contributed by atoms with Gasteiger partial charge in [0, 0.05) is 5.88 Å². The van der Waals surface area contributed by atoms with Gasteiger partial charge in [-0.15, -0.1) is 11.6 Å². The molecule has 0 amide bonds. The fraction of sp³-hybridized carbons (Fsp3) is 0.308. The van der Waals surface area contributed by atoms with E-state index < -0.39 is 0 Å². The van der Waals surface area contributed by atoms with Gasteiger partial charge in [0.15, 0.2) is 0 Å². The fourth-order valence-electron chi connectivity index (χ4n) is 3.43. The van der Waals surface area contributed by atoms with Gasteiger partial charge in [0.1, 0.15) is 0 Å². The van der Waals surface area contributed by atoms with Crippen LogP contribution in [0.25, 0.3) is 22.3 Å². The molecule has 0 bridgehead atoms. The topological polar surface area (TPSA) is 0 Å². The van der Waals surface area contributed by atoms with Crippen LogP contribution in [-0.2, 0) is 12.8 Å². The Labute approximate surface area is 169 Å². The number of alkyl halides is 1. The van der Waals surface area contributed by atoms with Crippen molar-refractivity contribution in [3.05, 3.63) is 83.9 Å². The van der Waals surface area contributed by atoms with Crippen LogP contribution in [0.15, 0.2) is 72.8 Å². The highest BCUT2D eigenvalue weighted by molar-refractivity contribution is 6.17. The summed E-state index contributed by atoms with van der Waals surface area (Å²) in [6.07, 6.45) is 7.16. The lowest BCUT2D eigenvalue weighted by atomic mass is 9.98. The first-order valence-corrected chi connectivity index (χ1v) is 10.7. The van der Waals surface area contributed by atoms with Gasteiger partial charge < -0.3 is 0 Å². The summed E-state index contributed by atoms with van der Waals surface area (Å²) in [7, 11) is 0. The highest BCUT2D eigenvalue weighted by Gasteiger charge is 2.02. The highest BCUT2D eigenvalue weighted by Crippen LogP contribution is 2.26. The van der Waals surface area contributed by atoms with Crippen LogP contribution in [0, 0.1) is 0 Å². The predicted molar refractivity (Wildman–Crippen MR) is 120 cm³/mol. The zero-order valence-corrected chi connectivity index (χ0v) is 17.0. The second-order valence-electron chi connectivity index (χ2n) is 7.22. The van der Waals surface area contributed by atoms with Crippen molar-refractivity contribution in [3.8, 4) is 22.3 Å². The molecule has 0 unspecified atom stereocenters. The third-order valence-electron chi connectivity index (χ3n) is 5.13. The fourth-order valence-corrected chi connectivity index (χ4v) is 3.57. The molecule has 3 aromatic rings. The zero-order chi connectivity index (χ0) is 18.9. The molecule has 0 heterocycles. The van der Waals surface area contributed by atoms with Crippen LogP contribution in [-0.4, -0.2) is 5.88 Å². The van der Waals surface area contributed by atoms with Crippen LogP contribution in [0.4, 0.5) is 0 Å². The molecule has 3 aromatic carbocycles. The SMILES string of the molecule is CCCCCc1ccc(-c2ccc(-c3ccc(CCCCl)cc3)cc2)cc1. The molecule has 27 heavy (non-hydrogen) atoms. The van der Waals surface area contributed by atoms with Crippen molar-refractivity contribution in [3.63, 3.8) is 0 Å². The number of hydrogen-bond donors (Lipinski definition) is 0. The molecule has 0 N–H and O–H groups in total. The van der Waals surface area contributed by atoms with Gasteiger partial charge in [-0.1, -0.05) is 92.6 Å². The summed E-state index contributed by atoms with van der Waals surface area (Å²) < 4.78 is 0. The number of benzene rings is 3. The van der Waals surface area contributed by atoms with Crippen molar-refractivity contribution in [2.45, 2.75) is 45.4 Å². The Morgan fingerprint density at radius 1 is 0.519 bits per heavy atom. The van der Waals surface area contributed by atoms with E-state index in [9.17, 15) is 0 Å².